The molecule has 0 atom stereocenters. The highest BCUT2D eigenvalue weighted by Crippen LogP contribution is 2.70. The van der Waals surface area contributed by atoms with Crippen LogP contribution in [0.5, 0.6) is 0 Å². The van der Waals surface area contributed by atoms with Gasteiger partial charge in [0, 0.05) is 27.6 Å². The summed E-state index contributed by atoms with van der Waals surface area (Å²) in [5.41, 5.74) is 20.1. The molecular formula is C52H46ClN. The summed E-state index contributed by atoms with van der Waals surface area (Å²) in [4.78, 5) is 2.51. The first-order valence-electron chi connectivity index (χ1n) is 20.4. The van der Waals surface area contributed by atoms with Crippen LogP contribution >= 0.6 is 11.6 Å². The Morgan fingerprint density at radius 1 is 0.444 bits per heavy atom. The van der Waals surface area contributed by atoms with Crippen LogP contribution in [0.15, 0.2) is 121 Å². The molecule has 6 aromatic carbocycles. The molecule has 0 amide bonds. The predicted octanol–water partition coefficient (Wildman–Crippen LogP) is 14.1. The van der Waals surface area contributed by atoms with Crippen molar-refractivity contribution in [1.29, 1.82) is 0 Å². The standard InChI is InChI=1S/C52H46ClN/c1-50(2)42-14-8-5-11-36(42)39-19-17-34(26-45(39)50)54(35-18-20-40-37-12-6-9-15-43(37)51(3,4)46(40)27-35)49-29-47-41(28-48(49)53)38-13-7-10-16-44(38)52(47)32-22-30-21-31(24-32)25-33(52)23-30/h5-20,26-33H,21-25H2,1-4H3. The van der Waals surface area contributed by atoms with Gasteiger partial charge in [0.05, 0.1) is 10.7 Å². The summed E-state index contributed by atoms with van der Waals surface area (Å²) < 4.78 is 0. The van der Waals surface area contributed by atoms with Crippen molar-refractivity contribution in [3.05, 3.63) is 160 Å². The lowest BCUT2D eigenvalue weighted by molar-refractivity contribution is -0.0399. The molecule has 4 saturated carbocycles. The molecule has 4 fully saturated rings. The Hall–Kier alpha value is -4.59. The van der Waals surface area contributed by atoms with Gasteiger partial charge in [0.1, 0.15) is 0 Å². The molecule has 0 radical (unpaired) electrons. The van der Waals surface area contributed by atoms with Crippen LogP contribution in [0, 0.1) is 23.7 Å². The van der Waals surface area contributed by atoms with E-state index in [1.54, 1.807) is 5.56 Å². The Kier molecular flexibility index (Phi) is 6.22. The predicted molar refractivity (Wildman–Crippen MR) is 225 cm³/mol. The molecule has 1 spiro atoms. The van der Waals surface area contributed by atoms with Crippen molar-refractivity contribution in [3.8, 4) is 33.4 Å². The molecule has 6 aromatic rings. The monoisotopic (exact) mass is 719 g/mol. The van der Waals surface area contributed by atoms with E-state index in [2.05, 4.69) is 154 Å². The lowest BCUT2D eigenvalue weighted by atomic mass is 9.43. The van der Waals surface area contributed by atoms with Gasteiger partial charge in [-0.05, 0) is 159 Å². The molecule has 7 aliphatic rings. The summed E-state index contributed by atoms with van der Waals surface area (Å²) in [7, 11) is 0. The van der Waals surface area contributed by atoms with E-state index in [0.29, 0.717) is 11.8 Å². The SMILES string of the molecule is CC1(C)c2ccccc2-c2ccc(N(c3ccc4c(c3)C(C)(C)c3ccccc3-4)c3cc4c(cc3Cl)-c3ccccc3C43C4CC5CC(C4)CC3C5)cc21. The van der Waals surface area contributed by atoms with Crippen LogP contribution in [-0.4, -0.2) is 0 Å². The third kappa shape index (κ3) is 3.87. The van der Waals surface area contributed by atoms with E-state index in [4.69, 9.17) is 11.6 Å². The van der Waals surface area contributed by atoms with E-state index in [9.17, 15) is 0 Å². The van der Waals surface area contributed by atoms with Gasteiger partial charge in [0.15, 0.2) is 0 Å². The summed E-state index contributed by atoms with van der Waals surface area (Å²) >= 11 is 7.70. The summed E-state index contributed by atoms with van der Waals surface area (Å²) in [6.07, 6.45) is 6.91. The number of benzene rings is 6. The van der Waals surface area contributed by atoms with Gasteiger partial charge in [0.25, 0.3) is 0 Å². The first kappa shape index (κ1) is 31.7. The van der Waals surface area contributed by atoms with E-state index < -0.39 is 0 Å². The van der Waals surface area contributed by atoms with E-state index in [-0.39, 0.29) is 16.2 Å². The van der Waals surface area contributed by atoms with Crippen LogP contribution in [0.1, 0.15) is 93.2 Å². The Morgan fingerprint density at radius 3 is 1.41 bits per heavy atom. The number of hydrogen-bond acceptors (Lipinski definition) is 1. The van der Waals surface area contributed by atoms with Crippen molar-refractivity contribution in [2.45, 2.75) is 76.0 Å². The molecule has 7 aliphatic carbocycles. The van der Waals surface area contributed by atoms with Crippen molar-refractivity contribution in [1.82, 2.24) is 0 Å². The Balaban J connectivity index is 1.10. The van der Waals surface area contributed by atoms with Crippen LogP contribution < -0.4 is 4.90 Å². The quantitative estimate of drug-likeness (QED) is 0.176. The second-order valence-corrected chi connectivity index (χ2v) is 19.1. The van der Waals surface area contributed by atoms with Crippen molar-refractivity contribution >= 4 is 28.7 Å². The molecule has 0 aromatic heterocycles. The molecule has 266 valence electrons. The lowest BCUT2D eigenvalue weighted by Gasteiger charge is -2.61. The minimum atomic E-state index is -0.108. The van der Waals surface area contributed by atoms with Gasteiger partial charge >= 0.3 is 0 Å². The summed E-state index contributed by atoms with van der Waals surface area (Å²) in [6, 6.07) is 46.6. The molecule has 2 heteroatoms. The smallest absolute Gasteiger partial charge is 0.0653 e. The second-order valence-electron chi connectivity index (χ2n) is 18.7. The Bertz CT molecular complexity index is 2470. The molecule has 0 heterocycles. The molecule has 4 bridgehead atoms. The normalized spacial score (nSPS) is 26.2. The lowest BCUT2D eigenvalue weighted by Crippen LogP contribution is -2.55. The summed E-state index contributed by atoms with van der Waals surface area (Å²) in [5, 5.41) is 0.815. The summed E-state index contributed by atoms with van der Waals surface area (Å²) in [5.74, 6) is 3.18. The maximum absolute atomic E-state index is 7.70. The first-order chi connectivity index (χ1) is 26.2. The first-order valence-corrected chi connectivity index (χ1v) is 20.8. The fourth-order valence-corrected chi connectivity index (χ4v) is 13.7. The van der Waals surface area contributed by atoms with Gasteiger partial charge in [-0.2, -0.15) is 0 Å². The van der Waals surface area contributed by atoms with E-state index in [0.717, 1.165) is 22.5 Å². The molecule has 0 saturated heterocycles. The molecule has 0 aliphatic heterocycles. The third-order valence-electron chi connectivity index (χ3n) is 15.5. The Labute approximate surface area is 325 Å². The van der Waals surface area contributed by atoms with Gasteiger partial charge in [-0.1, -0.05) is 124 Å². The van der Waals surface area contributed by atoms with Gasteiger partial charge < -0.3 is 4.90 Å². The molecule has 0 N–H and O–H groups in total. The number of halogens is 1. The van der Waals surface area contributed by atoms with E-state index >= 15 is 0 Å². The second kappa shape index (κ2) is 10.6. The highest BCUT2D eigenvalue weighted by Gasteiger charge is 2.61. The topological polar surface area (TPSA) is 3.24 Å². The zero-order valence-electron chi connectivity index (χ0n) is 31.7. The van der Waals surface area contributed by atoms with Crippen molar-refractivity contribution < 1.29 is 0 Å². The Morgan fingerprint density at radius 2 is 0.889 bits per heavy atom. The minimum Gasteiger partial charge on any atom is -0.309 e. The number of anilines is 3. The van der Waals surface area contributed by atoms with Gasteiger partial charge in [0.2, 0.25) is 0 Å². The van der Waals surface area contributed by atoms with E-state index in [1.807, 2.05) is 0 Å². The highest BCUT2D eigenvalue weighted by atomic mass is 35.5. The maximum atomic E-state index is 7.70. The molecule has 54 heavy (non-hydrogen) atoms. The average molecular weight is 720 g/mol. The molecule has 13 rings (SSSR count). The fourth-order valence-electron chi connectivity index (χ4n) is 13.4. The number of rotatable bonds is 3. The summed E-state index contributed by atoms with van der Waals surface area (Å²) in [6.45, 7) is 9.54. The molecule has 1 nitrogen and oxygen atoms in total. The molecule has 0 unspecified atom stereocenters. The van der Waals surface area contributed by atoms with Crippen molar-refractivity contribution in [3.63, 3.8) is 0 Å². The van der Waals surface area contributed by atoms with Crippen LogP contribution in [0.25, 0.3) is 33.4 Å². The van der Waals surface area contributed by atoms with Crippen LogP contribution in [0.4, 0.5) is 17.1 Å². The van der Waals surface area contributed by atoms with Crippen LogP contribution in [-0.2, 0) is 16.2 Å². The zero-order chi connectivity index (χ0) is 36.3. The van der Waals surface area contributed by atoms with E-state index in [1.165, 1.54) is 105 Å². The minimum absolute atomic E-state index is 0.0630. The third-order valence-corrected chi connectivity index (χ3v) is 15.8. The number of fused-ring (bicyclic) bond motifs is 9. The van der Waals surface area contributed by atoms with Crippen LogP contribution in [0.2, 0.25) is 5.02 Å². The van der Waals surface area contributed by atoms with Crippen LogP contribution in [0.3, 0.4) is 0 Å². The maximum Gasteiger partial charge on any atom is 0.0653 e. The number of hydrogen-bond donors (Lipinski definition) is 0. The number of nitrogens with zero attached hydrogens (tertiary/aromatic N) is 1. The van der Waals surface area contributed by atoms with Crippen molar-refractivity contribution in [2.75, 3.05) is 4.90 Å². The zero-order valence-corrected chi connectivity index (χ0v) is 32.5. The van der Waals surface area contributed by atoms with Gasteiger partial charge in [-0.25, -0.2) is 0 Å². The van der Waals surface area contributed by atoms with Gasteiger partial charge in [-0.15, -0.1) is 0 Å². The fraction of sp³-hybridized carbons (Fsp3) is 0.308. The molecular weight excluding hydrogens is 674 g/mol. The average Bonchev–Trinajstić information content (AvgIpc) is 3.68. The highest BCUT2D eigenvalue weighted by molar-refractivity contribution is 6.34. The van der Waals surface area contributed by atoms with Crippen molar-refractivity contribution in [2.24, 2.45) is 23.7 Å². The largest absolute Gasteiger partial charge is 0.309 e. The van der Waals surface area contributed by atoms with Gasteiger partial charge in [-0.3, -0.25) is 0 Å².